The van der Waals surface area contributed by atoms with Gasteiger partial charge in [0.2, 0.25) is 0 Å². The number of alkyl halides is 3. The first-order valence-corrected chi connectivity index (χ1v) is 13.7. The molecule has 0 bridgehead atoms. The van der Waals surface area contributed by atoms with Gasteiger partial charge in [-0.3, -0.25) is 4.79 Å². The molecular weight excluding hydrogens is 519 g/mol. The van der Waals surface area contributed by atoms with Gasteiger partial charge in [0.25, 0.3) is 5.91 Å². The average molecular weight is 554 g/mol. The van der Waals surface area contributed by atoms with Crippen LogP contribution in [-0.4, -0.2) is 38.9 Å². The molecule has 212 valence electrons. The Hall–Kier alpha value is -3.24. The third-order valence-electron chi connectivity index (χ3n) is 9.28. The van der Waals surface area contributed by atoms with Crippen LogP contribution in [-0.2, 0) is 36.5 Å². The number of hydrogen-bond donors (Lipinski definition) is 1. The lowest BCUT2D eigenvalue weighted by molar-refractivity contribution is -0.138. The van der Waals surface area contributed by atoms with Crippen molar-refractivity contribution in [1.29, 1.82) is 0 Å². The summed E-state index contributed by atoms with van der Waals surface area (Å²) >= 11 is 0. The van der Waals surface area contributed by atoms with Crippen LogP contribution in [0, 0.1) is 0 Å². The maximum Gasteiger partial charge on any atom is 0.416 e. The van der Waals surface area contributed by atoms with E-state index < -0.39 is 23.1 Å². The van der Waals surface area contributed by atoms with E-state index in [1.807, 2.05) is 36.7 Å². The first-order valence-electron chi connectivity index (χ1n) is 13.7. The molecule has 2 heterocycles. The fourth-order valence-electron chi connectivity index (χ4n) is 6.78. The molecule has 6 rings (SSSR count). The SMILES string of the molecule is CO[C@]1(C)C[C@@](c2cccc(N3Cc4c(cc(CNC5(C)CCC5)cc4C(F)(F)F)C3=O)c2)(c2nncn2C)C1. The highest BCUT2D eigenvalue weighted by Crippen LogP contribution is 2.55. The lowest BCUT2D eigenvalue weighted by Crippen LogP contribution is -2.55. The number of rotatable bonds is 7. The predicted molar refractivity (Wildman–Crippen MR) is 144 cm³/mol. The van der Waals surface area contributed by atoms with E-state index in [4.69, 9.17) is 4.74 Å². The van der Waals surface area contributed by atoms with E-state index >= 15 is 0 Å². The number of fused-ring (bicyclic) bond motifs is 1. The molecule has 10 heteroatoms. The Balaban J connectivity index is 1.35. The second-order valence-corrected chi connectivity index (χ2v) is 12.2. The minimum absolute atomic E-state index is 0.0279. The van der Waals surface area contributed by atoms with Crippen molar-refractivity contribution >= 4 is 11.6 Å². The number of carbonyl (C=O) groups is 1. The number of nitrogens with one attached hydrogen (secondary N) is 1. The van der Waals surface area contributed by atoms with Gasteiger partial charge in [-0.15, -0.1) is 10.2 Å². The van der Waals surface area contributed by atoms with Crippen LogP contribution in [0.5, 0.6) is 0 Å². The minimum Gasteiger partial charge on any atom is -0.378 e. The van der Waals surface area contributed by atoms with Gasteiger partial charge in [-0.05, 0) is 86.9 Å². The molecule has 2 fully saturated rings. The van der Waals surface area contributed by atoms with Gasteiger partial charge in [-0.2, -0.15) is 13.2 Å². The molecule has 0 spiro atoms. The van der Waals surface area contributed by atoms with Gasteiger partial charge in [0, 0.05) is 37.5 Å². The number of anilines is 1. The van der Waals surface area contributed by atoms with Gasteiger partial charge in [-0.1, -0.05) is 12.1 Å². The van der Waals surface area contributed by atoms with Crippen molar-refractivity contribution < 1.29 is 22.7 Å². The molecule has 2 saturated carbocycles. The van der Waals surface area contributed by atoms with Gasteiger partial charge in [0.05, 0.1) is 23.1 Å². The van der Waals surface area contributed by atoms with E-state index in [-0.39, 0.29) is 35.4 Å². The molecule has 2 aliphatic carbocycles. The summed E-state index contributed by atoms with van der Waals surface area (Å²) in [7, 11) is 3.58. The first kappa shape index (κ1) is 27.0. The number of halogens is 3. The zero-order valence-electron chi connectivity index (χ0n) is 23.2. The Morgan fingerprint density at radius 2 is 1.88 bits per heavy atom. The molecule has 0 unspecified atom stereocenters. The van der Waals surface area contributed by atoms with E-state index in [0.717, 1.165) is 30.7 Å². The highest BCUT2D eigenvalue weighted by Gasteiger charge is 2.57. The number of aryl methyl sites for hydroxylation is 1. The molecule has 1 amide bonds. The molecule has 1 aliphatic heterocycles. The second kappa shape index (κ2) is 9.14. The number of amides is 1. The number of methoxy groups -OCH3 is 1. The van der Waals surface area contributed by atoms with Crippen LogP contribution < -0.4 is 10.2 Å². The highest BCUT2D eigenvalue weighted by molar-refractivity contribution is 6.10. The third-order valence-corrected chi connectivity index (χ3v) is 9.28. The topological polar surface area (TPSA) is 72.3 Å². The van der Waals surface area contributed by atoms with Gasteiger partial charge in [-0.25, -0.2) is 0 Å². The molecule has 1 aromatic heterocycles. The number of ether oxygens (including phenoxy) is 1. The fourth-order valence-corrected chi connectivity index (χ4v) is 6.78. The third kappa shape index (κ3) is 4.32. The highest BCUT2D eigenvalue weighted by atomic mass is 19.4. The number of carbonyl (C=O) groups excluding carboxylic acids is 1. The summed E-state index contributed by atoms with van der Waals surface area (Å²) in [6, 6.07) is 10.3. The summed E-state index contributed by atoms with van der Waals surface area (Å²) in [5.41, 5.74) is 0.465. The van der Waals surface area contributed by atoms with E-state index in [0.29, 0.717) is 24.1 Å². The molecular formula is C30H34F3N5O2. The van der Waals surface area contributed by atoms with E-state index in [1.165, 1.54) is 11.0 Å². The summed E-state index contributed by atoms with van der Waals surface area (Å²) in [5, 5.41) is 11.9. The van der Waals surface area contributed by atoms with Crippen LogP contribution in [0.1, 0.15) is 84.4 Å². The van der Waals surface area contributed by atoms with Crippen molar-refractivity contribution in [2.45, 2.75) is 81.8 Å². The monoisotopic (exact) mass is 553 g/mol. The molecule has 0 saturated heterocycles. The number of hydrogen-bond acceptors (Lipinski definition) is 5. The Bertz CT molecular complexity index is 1470. The van der Waals surface area contributed by atoms with Crippen molar-refractivity contribution in [3.05, 3.63) is 76.4 Å². The minimum atomic E-state index is -4.57. The Kier molecular flexibility index (Phi) is 6.16. The summed E-state index contributed by atoms with van der Waals surface area (Å²) in [4.78, 5) is 15.1. The van der Waals surface area contributed by atoms with Crippen LogP contribution in [0.3, 0.4) is 0 Å². The number of aromatic nitrogens is 3. The lowest BCUT2D eigenvalue weighted by atomic mass is 9.56. The van der Waals surface area contributed by atoms with E-state index in [9.17, 15) is 18.0 Å². The average Bonchev–Trinajstić information content (AvgIpc) is 3.46. The zero-order chi connectivity index (χ0) is 28.5. The maximum atomic E-state index is 14.2. The van der Waals surface area contributed by atoms with Gasteiger partial charge in [0.15, 0.2) is 0 Å². The summed E-state index contributed by atoms with van der Waals surface area (Å²) in [6.07, 6.45) is 1.50. The predicted octanol–water partition coefficient (Wildman–Crippen LogP) is 5.51. The standard InChI is InChI=1S/C30H34F3N5O2/c1-27(9-6-10-27)34-14-19-11-22-23(24(12-19)30(31,32)33)15-38(25(22)39)21-8-5-7-20(13-21)29(16-28(2,17-29)40-4)26-36-35-18-37(26)3/h5,7-8,11-13,18,34H,6,9-10,14-17H2,1-4H3/t28-,29-. The van der Waals surface area contributed by atoms with Crippen molar-refractivity contribution in [3.63, 3.8) is 0 Å². The lowest BCUT2D eigenvalue weighted by Gasteiger charge is -2.53. The molecule has 2 aromatic carbocycles. The molecule has 0 radical (unpaired) electrons. The molecule has 40 heavy (non-hydrogen) atoms. The normalized spacial score (nSPS) is 25.5. The van der Waals surface area contributed by atoms with Crippen LogP contribution in [0.25, 0.3) is 0 Å². The zero-order valence-corrected chi connectivity index (χ0v) is 23.2. The van der Waals surface area contributed by atoms with Crippen LogP contribution in [0.4, 0.5) is 18.9 Å². The van der Waals surface area contributed by atoms with Crippen molar-refractivity contribution in [3.8, 4) is 0 Å². The quantitative estimate of drug-likeness (QED) is 0.418. The van der Waals surface area contributed by atoms with Gasteiger partial charge >= 0.3 is 6.18 Å². The van der Waals surface area contributed by atoms with E-state index in [2.05, 4.69) is 22.4 Å². The largest absolute Gasteiger partial charge is 0.416 e. The second-order valence-electron chi connectivity index (χ2n) is 12.2. The summed E-state index contributed by atoms with van der Waals surface area (Å²) in [6.45, 7) is 4.28. The molecule has 1 N–H and O–H groups in total. The van der Waals surface area contributed by atoms with Gasteiger partial charge < -0.3 is 19.5 Å². The van der Waals surface area contributed by atoms with E-state index in [1.54, 1.807) is 25.6 Å². The molecule has 7 nitrogen and oxygen atoms in total. The Labute approximate surface area is 231 Å². The Morgan fingerprint density at radius 1 is 1.12 bits per heavy atom. The van der Waals surface area contributed by atoms with Crippen molar-refractivity contribution in [2.75, 3.05) is 12.0 Å². The molecule has 3 aromatic rings. The van der Waals surface area contributed by atoms with Crippen LogP contribution in [0.2, 0.25) is 0 Å². The van der Waals surface area contributed by atoms with Crippen molar-refractivity contribution in [1.82, 2.24) is 20.1 Å². The fraction of sp³-hybridized carbons (Fsp3) is 0.500. The van der Waals surface area contributed by atoms with Crippen LogP contribution >= 0.6 is 0 Å². The summed E-state index contributed by atoms with van der Waals surface area (Å²) < 4.78 is 50.3. The maximum absolute atomic E-state index is 14.2. The first-order chi connectivity index (χ1) is 18.9. The number of benzene rings is 2. The number of nitrogens with zero attached hydrogens (tertiary/aromatic N) is 4. The van der Waals surface area contributed by atoms with Crippen molar-refractivity contribution in [2.24, 2.45) is 7.05 Å². The Morgan fingerprint density at radius 3 is 2.48 bits per heavy atom. The van der Waals surface area contributed by atoms with Crippen LogP contribution in [0.15, 0.2) is 42.7 Å². The summed E-state index contributed by atoms with van der Waals surface area (Å²) in [5.74, 6) is 0.365. The molecule has 3 aliphatic rings. The smallest absolute Gasteiger partial charge is 0.378 e. The molecule has 0 atom stereocenters. The van der Waals surface area contributed by atoms with Gasteiger partial charge in [0.1, 0.15) is 12.2 Å².